The fraction of sp³-hybridized carbons (Fsp3) is 0.273. The van der Waals surface area contributed by atoms with E-state index in [1.54, 1.807) is 25.5 Å². The summed E-state index contributed by atoms with van der Waals surface area (Å²) in [5.74, 6) is -0.332. The van der Waals surface area contributed by atoms with Gasteiger partial charge in [-0.15, -0.1) is 0 Å². The molecular weight excluding hydrogens is 400 g/mol. The van der Waals surface area contributed by atoms with Gasteiger partial charge in [0.2, 0.25) is 10.0 Å². The number of aromatic nitrogens is 2. The maximum Gasteiger partial charge on any atom is 0.255 e. The quantitative estimate of drug-likeness (QED) is 0.649. The van der Waals surface area contributed by atoms with Gasteiger partial charge in [0.25, 0.3) is 5.91 Å². The van der Waals surface area contributed by atoms with Crippen LogP contribution in [0.15, 0.2) is 59.5 Å². The van der Waals surface area contributed by atoms with Crippen molar-refractivity contribution in [3.63, 3.8) is 0 Å². The van der Waals surface area contributed by atoms with Crippen molar-refractivity contribution in [1.82, 2.24) is 14.5 Å². The SMILES string of the molecule is Cc1nn(-c2ccccc2)c(C)c1NC(=O)c1ccc(S(=O)(=O)NC(C)(C)C)cc1. The van der Waals surface area contributed by atoms with Crippen molar-refractivity contribution in [2.75, 3.05) is 5.32 Å². The Balaban J connectivity index is 1.81. The van der Waals surface area contributed by atoms with Gasteiger partial charge in [0.05, 0.1) is 27.7 Å². The number of carbonyl (C=O) groups excluding carboxylic acids is 1. The van der Waals surface area contributed by atoms with Crippen LogP contribution in [0.2, 0.25) is 0 Å². The molecule has 1 amide bonds. The minimum Gasteiger partial charge on any atom is -0.319 e. The lowest BCUT2D eigenvalue weighted by Crippen LogP contribution is -2.40. The van der Waals surface area contributed by atoms with Gasteiger partial charge in [0.15, 0.2) is 0 Å². The number of nitrogens with zero attached hydrogens (tertiary/aromatic N) is 2. The molecule has 0 fully saturated rings. The lowest BCUT2D eigenvalue weighted by Gasteiger charge is -2.20. The summed E-state index contributed by atoms with van der Waals surface area (Å²) in [4.78, 5) is 12.9. The van der Waals surface area contributed by atoms with Gasteiger partial charge in [0.1, 0.15) is 0 Å². The van der Waals surface area contributed by atoms with Crippen molar-refractivity contribution < 1.29 is 13.2 Å². The van der Waals surface area contributed by atoms with Crippen molar-refractivity contribution >= 4 is 21.6 Å². The molecule has 158 valence electrons. The first-order chi connectivity index (χ1) is 14.0. The zero-order valence-electron chi connectivity index (χ0n) is 17.7. The van der Waals surface area contributed by atoms with Crippen molar-refractivity contribution in [3.8, 4) is 5.69 Å². The molecule has 0 atom stereocenters. The van der Waals surface area contributed by atoms with Crippen molar-refractivity contribution in [2.45, 2.75) is 45.1 Å². The van der Waals surface area contributed by atoms with Gasteiger partial charge in [-0.25, -0.2) is 17.8 Å². The number of benzene rings is 2. The summed E-state index contributed by atoms with van der Waals surface area (Å²) in [6.07, 6.45) is 0. The highest BCUT2D eigenvalue weighted by Crippen LogP contribution is 2.23. The maximum absolute atomic E-state index is 12.7. The zero-order valence-corrected chi connectivity index (χ0v) is 18.5. The Morgan fingerprint density at radius 2 is 1.57 bits per heavy atom. The predicted octanol–water partition coefficient (Wildman–Crippen LogP) is 3.82. The molecule has 0 bridgehead atoms. The molecule has 2 aromatic carbocycles. The lowest BCUT2D eigenvalue weighted by atomic mass is 10.1. The Hall–Kier alpha value is -2.97. The van der Waals surface area contributed by atoms with Crippen LogP contribution < -0.4 is 10.0 Å². The number of nitrogens with one attached hydrogen (secondary N) is 2. The third-order valence-electron chi connectivity index (χ3n) is 4.40. The summed E-state index contributed by atoms with van der Waals surface area (Å²) in [6, 6.07) is 15.5. The fourth-order valence-corrected chi connectivity index (χ4v) is 4.50. The van der Waals surface area contributed by atoms with Gasteiger partial charge in [-0.05, 0) is 71.0 Å². The molecule has 0 spiro atoms. The molecule has 0 saturated heterocycles. The Bertz CT molecular complexity index is 1160. The highest BCUT2D eigenvalue weighted by atomic mass is 32.2. The first-order valence-corrected chi connectivity index (χ1v) is 11.0. The Labute approximate surface area is 177 Å². The summed E-state index contributed by atoms with van der Waals surface area (Å²) in [7, 11) is -3.66. The molecular formula is C22H26N4O3S. The molecule has 0 aliphatic rings. The van der Waals surface area contributed by atoms with Crippen molar-refractivity contribution in [2.24, 2.45) is 0 Å². The van der Waals surface area contributed by atoms with E-state index >= 15 is 0 Å². The maximum atomic E-state index is 12.7. The standard InChI is InChI=1S/C22H26N4O3S/c1-15-20(16(2)26(24-15)18-9-7-6-8-10-18)23-21(27)17-11-13-19(14-12-17)30(28,29)25-22(3,4)5/h6-14,25H,1-5H3,(H,23,27). The predicted molar refractivity (Wildman–Crippen MR) is 118 cm³/mol. The summed E-state index contributed by atoms with van der Waals surface area (Å²) in [6.45, 7) is 9.03. The molecule has 8 heteroatoms. The molecule has 3 rings (SSSR count). The van der Waals surface area contributed by atoms with Crippen LogP contribution in [-0.2, 0) is 10.0 Å². The summed E-state index contributed by atoms with van der Waals surface area (Å²) >= 11 is 0. The van der Waals surface area contributed by atoms with Crippen LogP contribution >= 0.6 is 0 Å². The first kappa shape index (κ1) is 21.7. The number of carbonyl (C=O) groups is 1. The average Bonchev–Trinajstić information content (AvgIpc) is 2.95. The van der Waals surface area contributed by atoms with E-state index in [2.05, 4.69) is 15.1 Å². The van der Waals surface area contributed by atoms with Gasteiger partial charge in [-0.2, -0.15) is 5.10 Å². The molecule has 30 heavy (non-hydrogen) atoms. The number of para-hydroxylation sites is 1. The molecule has 1 aromatic heterocycles. The highest BCUT2D eigenvalue weighted by Gasteiger charge is 2.22. The van der Waals surface area contributed by atoms with E-state index in [0.717, 1.165) is 11.4 Å². The second kappa shape index (κ2) is 8.04. The third kappa shape index (κ3) is 4.77. The monoisotopic (exact) mass is 426 g/mol. The number of sulfonamides is 1. The van der Waals surface area contributed by atoms with E-state index in [0.29, 0.717) is 16.9 Å². The molecule has 7 nitrogen and oxygen atoms in total. The fourth-order valence-electron chi connectivity index (χ4n) is 3.08. The summed E-state index contributed by atoms with van der Waals surface area (Å²) in [5, 5.41) is 7.42. The average molecular weight is 427 g/mol. The topological polar surface area (TPSA) is 93.1 Å². The number of amides is 1. The van der Waals surface area contributed by atoms with E-state index in [9.17, 15) is 13.2 Å². The molecule has 0 unspecified atom stereocenters. The van der Waals surface area contributed by atoms with Crippen LogP contribution in [0.25, 0.3) is 5.69 Å². The Morgan fingerprint density at radius 3 is 2.13 bits per heavy atom. The van der Waals surface area contributed by atoms with Crippen LogP contribution in [0.1, 0.15) is 42.5 Å². The van der Waals surface area contributed by atoms with Crippen LogP contribution in [0.3, 0.4) is 0 Å². The summed E-state index contributed by atoms with van der Waals surface area (Å²) in [5.41, 5.74) is 2.80. The molecule has 0 saturated carbocycles. The zero-order chi connectivity index (χ0) is 22.1. The molecule has 2 N–H and O–H groups in total. The largest absolute Gasteiger partial charge is 0.319 e. The van der Waals surface area contributed by atoms with Crippen molar-refractivity contribution in [1.29, 1.82) is 0 Å². The van der Waals surface area contributed by atoms with E-state index in [-0.39, 0.29) is 10.8 Å². The molecule has 0 aliphatic heterocycles. The minimum absolute atomic E-state index is 0.109. The van der Waals surface area contributed by atoms with Gasteiger partial charge in [-0.1, -0.05) is 18.2 Å². The first-order valence-electron chi connectivity index (χ1n) is 9.55. The third-order valence-corrected chi connectivity index (χ3v) is 6.17. The number of hydrogen-bond acceptors (Lipinski definition) is 4. The molecule has 3 aromatic rings. The van der Waals surface area contributed by atoms with Gasteiger partial charge in [0, 0.05) is 11.1 Å². The Kier molecular flexibility index (Phi) is 5.83. The van der Waals surface area contributed by atoms with E-state index in [1.165, 1.54) is 24.3 Å². The van der Waals surface area contributed by atoms with E-state index < -0.39 is 15.6 Å². The Morgan fingerprint density at radius 1 is 0.967 bits per heavy atom. The van der Waals surface area contributed by atoms with Crippen LogP contribution in [-0.4, -0.2) is 29.6 Å². The highest BCUT2D eigenvalue weighted by molar-refractivity contribution is 7.89. The normalized spacial score (nSPS) is 12.0. The summed E-state index contributed by atoms with van der Waals surface area (Å²) < 4.78 is 29.2. The minimum atomic E-state index is -3.66. The molecule has 1 heterocycles. The lowest BCUT2D eigenvalue weighted by molar-refractivity contribution is 0.102. The van der Waals surface area contributed by atoms with Crippen LogP contribution in [0.4, 0.5) is 5.69 Å². The van der Waals surface area contributed by atoms with Gasteiger partial charge >= 0.3 is 0 Å². The van der Waals surface area contributed by atoms with Gasteiger partial charge < -0.3 is 5.32 Å². The van der Waals surface area contributed by atoms with E-state index in [1.807, 2.05) is 44.2 Å². The van der Waals surface area contributed by atoms with Gasteiger partial charge in [-0.3, -0.25) is 4.79 Å². The molecule has 0 radical (unpaired) electrons. The number of rotatable bonds is 5. The second-order valence-corrected chi connectivity index (χ2v) is 9.81. The van der Waals surface area contributed by atoms with Crippen LogP contribution in [0.5, 0.6) is 0 Å². The number of anilines is 1. The number of aryl methyl sites for hydroxylation is 1. The molecule has 0 aliphatic carbocycles. The number of hydrogen-bond donors (Lipinski definition) is 2. The van der Waals surface area contributed by atoms with E-state index in [4.69, 9.17) is 0 Å². The van der Waals surface area contributed by atoms with Crippen molar-refractivity contribution in [3.05, 3.63) is 71.5 Å². The van der Waals surface area contributed by atoms with Crippen LogP contribution in [0, 0.1) is 13.8 Å². The smallest absolute Gasteiger partial charge is 0.255 e. The second-order valence-electron chi connectivity index (χ2n) is 8.13.